The van der Waals surface area contributed by atoms with Crippen LogP contribution in [0.15, 0.2) is 30.7 Å². The van der Waals surface area contributed by atoms with Gasteiger partial charge in [0.15, 0.2) is 0 Å². The molecule has 0 unspecified atom stereocenters. The molecule has 1 atom stereocenters. The van der Waals surface area contributed by atoms with Gasteiger partial charge in [0, 0.05) is 32.0 Å². The first-order valence-corrected chi connectivity index (χ1v) is 6.94. The molecular weight excluding hydrogens is 268 g/mol. The highest BCUT2D eigenvalue weighted by atomic mass is 16.5. The van der Waals surface area contributed by atoms with Gasteiger partial charge < -0.3 is 10.1 Å². The van der Waals surface area contributed by atoms with E-state index >= 15 is 0 Å². The number of carbonyl (C=O) groups is 1. The van der Waals surface area contributed by atoms with Gasteiger partial charge >= 0.3 is 5.97 Å². The number of rotatable bonds is 6. The summed E-state index contributed by atoms with van der Waals surface area (Å²) in [6.07, 6.45) is 5.12. The molecule has 0 fully saturated rings. The van der Waals surface area contributed by atoms with Gasteiger partial charge in [-0.2, -0.15) is 5.10 Å². The third-order valence-corrected chi connectivity index (χ3v) is 3.32. The number of pyridine rings is 1. The molecule has 0 bridgehead atoms. The van der Waals surface area contributed by atoms with Crippen molar-refractivity contribution < 1.29 is 9.53 Å². The van der Waals surface area contributed by atoms with E-state index in [1.165, 1.54) is 0 Å². The van der Waals surface area contributed by atoms with E-state index < -0.39 is 0 Å². The molecule has 0 aromatic carbocycles. The van der Waals surface area contributed by atoms with Crippen LogP contribution in [0.2, 0.25) is 0 Å². The van der Waals surface area contributed by atoms with Crippen molar-refractivity contribution in [3.8, 4) is 0 Å². The van der Waals surface area contributed by atoms with Gasteiger partial charge in [0.2, 0.25) is 0 Å². The molecule has 0 radical (unpaired) electrons. The Bertz CT molecular complexity index is 595. The monoisotopic (exact) mass is 288 g/mol. The summed E-state index contributed by atoms with van der Waals surface area (Å²) in [5.74, 6) is -0.337. The Kier molecular flexibility index (Phi) is 5.05. The van der Waals surface area contributed by atoms with Crippen molar-refractivity contribution >= 4 is 5.97 Å². The van der Waals surface area contributed by atoms with Gasteiger partial charge in [0.25, 0.3) is 0 Å². The van der Waals surface area contributed by atoms with Crippen LogP contribution in [0.3, 0.4) is 0 Å². The zero-order valence-electron chi connectivity index (χ0n) is 12.5. The van der Waals surface area contributed by atoms with Crippen LogP contribution in [0.25, 0.3) is 0 Å². The lowest BCUT2D eigenvalue weighted by Crippen LogP contribution is -2.21. The van der Waals surface area contributed by atoms with Crippen molar-refractivity contribution in [1.29, 1.82) is 0 Å². The Morgan fingerprint density at radius 1 is 1.48 bits per heavy atom. The number of carbonyl (C=O) groups excluding carboxylic acids is 1. The van der Waals surface area contributed by atoms with Crippen molar-refractivity contribution in [3.63, 3.8) is 0 Å². The average molecular weight is 288 g/mol. The molecule has 21 heavy (non-hydrogen) atoms. The summed E-state index contributed by atoms with van der Waals surface area (Å²) in [6, 6.07) is 4.05. The number of esters is 1. The molecule has 0 saturated carbocycles. The molecule has 0 amide bonds. The third-order valence-electron chi connectivity index (χ3n) is 3.32. The van der Waals surface area contributed by atoms with Gasteiger partial charge in [-0.05, 0) is 25.5 Å². The van der Waals surface area contributed by atoms with Crippen LogP contribution < -0.4 is 5.32 Å². The van der Waals surface area contributed by atoms with Crippen LogP contribution >= 0.6 is 0 Å². The predicted molar refractivity (Wildman–Crippen MR) is 78.7 cm³/mol. The summed E-state index contributed by atoms with van der Waals surface area (Å²) in [4.78, 5) is 16.0. The quantitative estimate of drug-likeness (QED) is 0.821. The summed E-state index contributed by atoms with van der Waals surface area (Å²) in [7, 11) is 1.81. The first-order chi connectivity index (χ1) is 10.1. The second kappa shape index (κ2) is 6.99. The maximum absolute atomic E-state index is 11.9. The predicted octanol–water partition coefficient (Wildman–Crippen LogP) is 1.84. The maximum Gasteiger partial charge on any atom is 0.341 e. The molecular formula is C15H20N4O2. The molecule has 0 saturated heterocycles. The molecule has 112 valence electrons. The van der Waals surface area contributed by atoms with E-state index in [1.54, 1.807) is 24.0 Å². The number of aromatic nitrogens is 3. The van der Waals surface area contributed by atoms with Crippen LogP contribution in [0.5, 0.6) is 0 Å². The molecule has 2 aromatic heterocycles. The first kappa shape index (κ1) is 15.2. The SMILES string of the molecule is CCOC(=O)c1cnn(C)c1CN[C@@H](C)c1cccnc1. The summed E-state index contributed by atoms with van der Waals surface area (Å²) in [5.41, 5.74) is 2.41. The van der Waals surface area contributed by atoms with Crippen LogP contribution in [-0.2, 0) is 18.3 Å². The summed E-state index contributed by atoms with van der Waals surface area (Å²) in [5, 5.41) is 7.50. The molecule has 2 rings (SSSR count). The number of hydrogen-bond donors (Lipinski definition) is 1. The van der Waals surface area contributed by atoms with E-state index in [9.17, 15) is 4.79 Å². The van der Waals surface area contributed by atoms with E-state index in [0.717, 1.165) is 11.3 Å². The Labute approximate surface area is 124 Å². The number of nitrogens with zero attached hydrogens (tertiary/aromatic N) is 3. The summed E-state index contributed by atoms with van der Waals surface area (Å²) in [6.45, 7) is 4.72. The topological polar surface area (TPSA) is 69.0 Å². The summed E-state index contributed by atoms with van der Waals surface area (Å²) >= 11 is 0. The fourth-order valence-electron chi connectivity index (χ4n) is 2.05. The Morgan fingerprint density at radius 3 is 2.95 bits per heavy atom. The van der Waals surface area contributed by atoms with Crippen molar-refractivity contribution in [1.82, 2.24) is 20.1 Å². The van der Waals surface area contributed by atoms with Crippen LogP contribution in [0, 0.1) is 0 Å². The number of ether oxygens (including phenoxy) is 1. The molecule has 2 heterocycles. The number of aryl methyl sites for hydroxylation is 1. The second-order valence-electron chi connectivity index (χ2n) is 4.74. The zero-order chi connectivity index (χ0) is 15.2. The highest BCUT2D eigenvalue weighted by molar-refractivity contribution is 5.90. The van der Waals surface area contributed by atoms with Gasteiger partial charge in [-0.3, -0.25) is 9.67 Å². The zero-order valence-corrected chi connectivity index (χ0v) is 12.5. The molecule has 6 heteroatoms. The van der Waals surface area contributed by atoms with Gasteiger partial charge in [0.05, 0.1) is 18.5 Å². The Hall–Kier alpha value is -2.21. The smallest absolute Gasteiger partial charge is 0.341 e. The molecule has 0 aliphatic rings. The van der Waals surface area contributed by atoms with E-state index in [1.807, 2.05) is 25.4 Å². The minimum atomic E-state index is -0.337. The Morgan fingerprint density at radius 2 is 2.29 bits per heavy atom. The Balaban J connectivity index is 2.06. The van der Waals surface area contributed by atoms with E-state index in [2.05, 4.69) is 22.3 Å². The number of hydrogen-bond acceptors (Lipinski definition) is 5. The lowest BCUT2D eigenvalue weighted by Gasteiger charge is -2.14. The lowest BCUT2D eigenvalue weighted by atomic mass is 10.1. The van der Waals surface area contributed by atoms with E-state index in [0.29, 0.717) is 18.7 Å². The van der Waals surface area contributed by atoms with Gasteiger partial charge in [0.1, 0.15) is 5.56 Å². The van der Waals surface area contributed by atoms with Crippen LogP contribution in [0.4, 0.5) is 0 Å². The third kappa shape index (κ3) is 3.66. The van der Waals surface area contributed by atoms with Gasteiger partial charge in [-0.25, -0.2) is 4.79 Å². The highest BCUT2D eigenvalue weighted by Gasteiger charge is 2.17. The largest absolute Gasteiger partial charge is 0.462 e. The number of nitrogens with one attached hydrogen (secondary N) is 1. The van der Waals surface area contributed by atoms with Gasteiger partial charge in [-0.1, -0.05) is 6.07 Å². The molecule has 0 aliphatic heterocycles. The molecule has 1 N–H and O–H groups in total. The van der Waals surface area contributed by atoms with Crippen LogP contribution in [0.1, 0.15) is 41.5 Å². The normalized spacial score (nSPS) is 12.1. The minimum Gasteiger partial charge on any atom is -0.462 e. The van der Waals surface area contributed by atoms with Crippen molar-refractivity contribution in [3.05, 3.63) is 47.5 Å². The van der Waals surface area contributed by atoms with Gasteiger partial charge in [-0.15, -0.1) is 0 Å². The summed E-state index contributed by atoms with van der Waals surface area (Å²) < 4.78 is 6.73. The fourth-order valence-corrected chi connectivity index (χ4v) is 2.05. The molecule has 6 nitrogen and oxygen atoms in total. The standard InChI is InChI=1S/C15H20N4O2/c1-4-21-15(20)13-9-18-19(3)14(13)10-17-11(2)12-6-5-7-16-8-12/h5-9,11,17H,4,10H2,1-3H3/t11-/m0/s1. The maximum atomic E-state index is 11.9. The molecule has 0 spiro atoms. The minimum absolute atomic E-state index is 0.128. The highest BCUT2D eigenvalue weighted by Crippen LogP contribution is 2.14. The van der Waals surface area contributed by atoms with Crippen molar-refractivity contribution in [2.24, 2.45) is 7.05 Å². The average Bonchev–Trinajstić information content (AvgIpc) is 2.87. The molecule has 0 aliphatic carbocycles. The van der Waals surface area contributed by atoms with Crippen LogP contribution in [-0.4, -0.2) is 27.3 Å². The van der Waals surface area contributed by atoms with Crippen molar-refractivity contribution in [2.45, 2.75) is 26.4 Å². The second-order valence-corrected chi connectivity index (χ2v) is 4.74. The first-order valence-electron chi connectivity index (χ1n) is 6.94. The lowest BCUT2D eigenvalue weighted by molar-refractivity contribution is 0.0524. The van der Waals surface area contributed by atoms with Crippen molar-refractivity contribution in [2.75, 3.05) is 6.61 Å². The fraction of sp³-hybridized carbons (Fsp3) is 0.400. The molecule has 2 aromatic rings. The van der Waals surface area contributed by atoms with E-state index in [4.69, 9.17) is 4.74 Å². The van der Waals surface area contributed by atoms with E-state index in [-0.39, 0.29) is 12.0 Å².